The highest BCUT2D eigenvalue weighted by atomic mass is 16.4. The minimum atomic E-state index is -1.03. The molecule has 4 atom stereocenters. The molecule has 1 saturated heterocycles. The summed E-state index contributed by atoms with van der Waals surface area (Å²) in [6.45, 7) is 3.67. The molecule has 0 aromatic rings. The summed E-state index contributed by atoms with van der Waals surface area (Å²) in [5, 5.41) is 47.2. The molecular formula is C21H39N5O9. The summed E-state index contributed by atoms with van der Waals surface area (Å²) < 4.78 is 0. The molecule has 2 rings (SSSR count). The standard InChI is InChI=1S/C15H27N5O3.3C2H4O2/c16-15(17)18-7-3-6-11(14(22)23)20-13(21)12-8-9-4-1-2-5-10(9)19-12;3*1-2(3)4/h9-12,19H,1-8H2,(H,20,21)(H,22,23)(H4,16,17,18);3*1H3,(H,3,4)/t9?,10?,11-,12?;;;/m0.../s1. The first-order valence-electron chi connectivity index (χ1n) is 11.1. The predicted octanol–water partition coefficient (Wildman–Crippen LogP) is 0.0125. The molecule has 1 heterocycles. The van der Waals surface area contributed by atoms with Crippen LogP contribution in [-0.2, 0) is 24.0 Å². The zero-order valence-electron chi connectivity index (χ0n) is 20.4. The molecule has 1 saturated carbocycles. The maximum atomic E-state index is 12.3. The van der Waals surface area contributed by atoms with Crippen molar-refractivity contribution in [1.82, 2.24) is 16.0 Å². The van der Waals surface area contributed by atoms with Gasteiger partial charge in [-0.3, -0.25) is 24.6 Å². The van der Waals surface area contributed by atoms with Crippen molar-refractivity contribution in [3.8, 4) is 0 Å². The van der Waals surface area contributed by atoms with Crippen LogP contribution in [0.2, 0.25) is 0 Å². The van der Waals surface area contributed by atoms with Crippen molar-refractivity contribution >= 4 is 35.7 Å². The van der Waals surface area contributed by atoms with Gasteiger partial charge in [0, 0.05) is 33.4 Å². The zero-order valence-corrected chi connectivity index (χ0v) is 20.4. The molecule has 14 heteroatoms. The Hall–Kier alpha value is -3.42. The first-order chi connectivity index (χ1) is 16.2. The number of nitrogens with one attached hydrogen (secondary N) is 4. The zero-order chi connectivity index (χ0) is 27.6. The Morgan fingerprint density at radius 3 is 1.89 bits per heavy atom. The van der Waals surface area contributed by atoms with Gasteiger partial charge in [0.05, 0.1) is 6.04 Å². The molecule has 0 spiro atoms. The maximum Gasteiger partial charge on any atom is 0.326 e. The molecule has 0 aromatic heterocycles. The van der Waals surface area contributed by atoms with Gasteiger partial charge < -0.3 is 42.1 Å². The molecule has 1 amide bonds. The molecule has 3 unspecified atom stereocenters. The Labute approximate surface area is 204 Å². The molecule has 202 valence electrons. The van der Waals surface area contributed by atoms with E-state index in [-0.39, 0.29) is 17.9 Å². The molecule has 0 aromatic carbocycles. The van der Waals surface area contributed by atoms with Crippen LogP contribution < -0.4 is 21.7 Å². The molecule has 10 N–H and O–H groups in total. The number of rotatable bonds is 7. The van der Waals surface area contributed by atoms with Crippen LogP contribution in [0.25, 0.3) is 0 Å². The number of aliphatic carboxylic acids is 4. The number of nitrogens with two attached hydrogens (primary N) is 1. The van der Waals surface area contributed by atoms with E-state index in [2.05, 4.69) is 16.0 Å². The van der Waals surface area contributed by atoms with E-state index in [0.717, 1.165) is 40.0 Å². The number of carbonyl (C=O) groups is 5. The van der Waals surface area contributed by atoms with Gasteiger partial charge in [0.25, 0.3) is 17.9 Å². The van der Waals surface area contributed by atoms with Gasteiger partial charge in [-0.15, -0.1) is 0 Å². The lowest BCUT2D eigenvalue weighted by molar-refractivity contribution is -0.142. The van der Waals surface area contributed by atoms with Crippen LogP contribution >= 0.6 is 0 Å². The number of fused-ring (bicyclic) bond motifs is 1. The number of hydrogen-bond donors (Lipinski definition) is 9. The van der Waals surface area contributed by atoms with Crippen molar-refractivity contribution in [2.24, 2.45) is 11.7 Å². The second-order valence-corrected chi connectivity index (χ2v) is 8.05. The Kier molecular flexibility index (Phi) is 18.3. The monoisotopic (exact) mass is 505 g/mol. The highest BCUT2D eigenvalue weighted by molar-refractivity contribution is 5.87. The van der Waals surface area contributed by atoms with Gasteiger partial charge in [0.15, 0.2) is 5.96 Å². The van der Waals surface area contributed by atoms with Gasteiger partial charge in [0.2, 0.25) is 5.91 Å². The smallest absolute Gasteiger partial charge is 0.326 e. The second-order valence-electron chi connectivity index (χ2n) is 8.05. The van der Waals surface area contributed by atoms with Crippen molar-refractivity contribution in [3.05, 3.63) is 0 Å². The maximum absolute atomic E-state index is 12.3. The summed E-state index contributed by atoms with van der Waals surface area (Å²) in [7, 11) is 0. The lowest BCUT2D eigenvalue weighted by Gasteiger charge is -2.24. The van der Waals surface area contributed by atoms with Crippen LogP contribution in [0.15, 0.2) is 0 Å². The van der Waals surface area contributed by atoms with E-state index in [9.17, 15) is 14.7 Å². The van der Waals surface area contributed by atoms with Gasteiger partial charge in [-0.05, 0) is 38.0 Å². The van der Waals surface area contributed by atoms with Crippen LogP contribution in [-0.4, -0.2) is 80.8 Å². The average Bonchev–Trinajstić information content (AvgIpc) is 3.13. The quantitative estimate of drug-likeness (QED) is 0.126. The SMILES string of the molecule is CC(=O)O.CC(=O)O.CC(=O)O.N=C(N)NCCC[C@H](NC(=O)C1CC2CCCCC2N1)C(=O)O. The van der Waals surface area contributed by atoms with Crippen molar-refractivity contribution in [2.45, 2.75) is 83.8 Å². The number of guanidine groups is 1. The summed E-state index contributed by atoms with van der Waals surface area (Å²) in [5.74, 6) is -3.34. The molecule has 0 radical (unpaired) electrons. The van der Waals surface area contributed by atoms with E-state index in [1.807, 2.05) is 0 Å². The molecule has 2 fully saturated rings. The number of carbonyl (C=O) groups excluding carboxylic acids is 1. The summed E-state index contributed by atoms with van der Waals surface area (Å²) in [5.41, 5.74) is 5.17. The second kappa shape index (κ2) is 18.9. The molecule has 0 bridgehead atoms. The third-order valence-corrected chi connectivity index (χ3v) is 4.78. The fourth-order valence-corrected chi connectivity index (χ4v) is 3.58. The van der Waals surface area contributed by atoms with E-state index in [1.54, 1.807) is 0 Å². The van der Waals surface area contributed by atoms with E-state index in [4.69, 9.17) is 40.8 Å². The highest BCUT2D eigenvalue weighted by Gasteiger charge is 2.39. The number of amides is 1. The Morgan fingerprint density at radius 1 is 0.971 bits per heavy atom. The van der Waals surface area contributed by atoms with Crippen molar-refractivity contribution in [2.75, 3.05) is 6.54 Å². The fourth-order valence-electron chi connectivity index (χ4n) is 3.58. The summed E-state index contributed by atoms with van der Waals surface area (Å²) >= 11 is 0. The van der Waals surface area contributed by atoms with Gasteiger partial charge in [-0.1, -0.05) is 12.8 Å². The van der Waals surface area contributed by atoms with Crippen LogP contribution in [0.3, 0.4) is 0 Å². The Balaban J connectivity index is 0. The Morgan fingerprint density at radius 2 is 1.46 bits per heavy atom. The van der Waals surface area contributed by atoms with Gasteiger partial charge in [0.1, 0.15) is 6.04 Å². The van der Waals surface area contributed by atoms with Gasteiger partial charge >= 0.3 is 5.97 Å². The van der Waals surface area contributed by atoms with Crippen LogP contribution in [0.5, 0.6) is 0 Å². The van der Waals surface area contributed by atoms with E-state index in [1.165, 1.54) is 12.8 Å². The van der Waals surface area contributed by atoms with Crippen LogP contribution in [0.4, 0.5) is 0 Å². The first-order valence-corrected chi connectivity index (χ1v) is 11.1. The fraction of sp³-hybridized carbons (Fsp3) is 0.714. The molecule has 2 aliphatic rings. The molecule has 14 nitrogen and oxygen atoms in total. The lowest BCUT2D eigenvalue weighted by atomic mass is 9.85. The van der Waals surface area contributed by atoms with Crippen LogP contribution in [0.1, 0.15) is 65.7 Å². The lowest BCUT2D eigenvalue weighted by Crippen LogP contribution is -2.49. The van der Waals surface area contributed by atoms with Crippen LogP contribution in [0, 0.1) is 11.3 Å². The Bertz CT molecular complexity index is 663. The summed E-state index contributed by atoms with van der Waals surface area (Å²) in [6, 6.07) is -0.775. The molecule has 1 aliphatic heterocycles. The van der Waals surface area contributed by atoms with Gasteiger partial charge in [-0.2, -0.15) is 0 Å². The minimum Gasteiger partial charge on any atom is -0.481 e. The largest absolute Gasteiger partial charge is 0.481 e. The number of carboxylic acid groups (broad SMARTS) is 4. The number of carboxylic acids is 4. The van der Waals surface area contributed by atoms with Crippen molar-refractivity contribution in [3.63, 3.8) is 0 Å². The minimum absolute atomic E-state index is 0.140. The predicted molar refractivity (Wildman–Crippen MR) is 126 cm³/mol. The topological polar surface area (TPSA) is 252 Å². The normalized spacial score (nSPS) is 20.4. The average molecular weight is 506 g/mol. The third kappa shape index (κ3) is 20.9. The molecule has 35 heavy (non-hydrogen) atoms. The molecule has 1 aliphatic carbocycles. The van der Waals surface area contributed by atoms with E-state index < -0.39 is 29.9 Å². The van der Waals surface area contributed by atoms with E-state index in [0.29, 0.717) is 31.3 Å². The highest BCUT2D eigenvalue weighted by Crippen LogP contribution is 2.33. The van der Waals surface area contributed by atoms with E-state index >= 15 is 0 Å². The summed E-state index contributed by atoms with van der Waals surface area (Å²) in [6.07, 6.45) is 6.30. The van der Waals surface area contributed by atoms with Crippen molar-refractivity contribution < 1.29 is 44.4 Å². The van der Waals surface area contributed by atoms with Gasteiger partial charge in [-0.25, -0.2) is 4.79 Å². The number of hydrogen-bond acceptors (Lipinski definition) is 7. The van der Waals surface area contributed by atoms with Crippen molar-refractivity contribution in [1.29, 1.82) is 5.41 Å². The first kappa shape index (κ1) is 33.8. The third-order valence-electron chi connectivity index (χ3n) is 4.78. The summed E-state index contributed by atoms with van der Waals surface area (Å²) in [4.78, 5) is 50.6. The molecular weight excluding hydrogens is 466 g/mol.